The van der Waals surface area contributed by atoms with Crippen LogP contribution in [0.25, 0.3) is 0 Å². The van der Waals surface area contributed by atoms with Gasteiger partial charge in [0.2, 0.25) is 11.9 Å². The van der Waals surface area contributed by atoms with Gasteiger partial charge >= 0.3 is 0 Å². The van der Waals surface area contributed by atoms with E-state index in [-0.39, 0.29) is 37.2 Å². The van der Waals surface area contributed by atoms with Gasteiger partial charge in [-0.05, 0) is 31.4 Å². The van der Waals surface area contributed by atoms with Gasteiger partial charge in [0, 0.05) is 18.1 Å². The first-order valence-electron chi connectivity index (χ1n) is 7.99. The highest BCUT2D eigenvalue weighted by molar-refractivity contribution is 5.89. The first kappa shape index (κ1) is 16.7. The number of aromatic nitrogens is 3. The molecule has 2 aromatic rings. The molecule has 2 heterocycles. The second-order valence-electron chi connectivity index (χ2n) is 5.81. The van der Waals surface area contributed by atoms with E-state index in [0.717, 1.165) is 11.3 Å². The number of carboxylic acids is 1. The number of allylic oxidation sites excluding steroid dienone is 2. The molecule has 8 heteroatoms. The summed E-state index contributed by atoms with van der Waals surface area (Å²) < 4.78 is 1.71. The van der Waals surface area contributed by atoms with Gasteiger partial charge < -0.3 is 15.2 Å². The van der Waals surface area contributed by atoms with E-state index in [1.54, 1.807) is 4.68 Å². The number of amides is 1. The Balaban J connectivity index is 1.74. The van der Waals surface area contributed by atoms with E-state index < -0.39 is 5.97 Å². The second kappa shape index (κ2) is 7.16. The normalized spacial score (nSPS) is 15.7. The summed E-state index contributed by atoms with van der Waals surface area (Å²) in [6, 6.07) is 9.75. The molecule has 1 aliphatic rings. The summed E-state index contributed by atoms with van der Waals surface area (Å²) in [6.45, 7) is 1.94. The maximum Gasteiger partial charge on any atom is 0.250 e. The number of rotatable bonds is 6. The van der Waals surface area contributed by atoms with Crippen LogP contribution in [0.3, 0.4) is 0 Å². The highest BCUT2D eigenvalue weighted by atomic mass is 16.4. The summed E-state index contributed by atoms with van der Waals surface area (Å²) in [5, 5.41) is 20.5. The van der Waals surface area contributed by atoms with Gasteiger partial charge in [-0.2, -0.15) is 4.98 Å². The fraction of sp³-hybridized carbons (Fsp3) is 0.294. The van der Waals surface area contributed by atoms with Gasteiger partial charge in [-0.1, -0.05) is 30.3 Å². The van der Waals surface area contributed by atoms with Crippen molar-refractivity contribution in [1.29, 1.82) is 0 Å². The Hall–Kier alpha value is -3.16. The molecule has 25 heavy (non-hydrogen) atoms. The minimum absolute atomic E-state index is 0.0741. The predicted octanol–water partition coefficient (Wildman–Crippen LogP) is 1.06. The van der Waals surface area contributed by atoms with Crippen LogP contribution in [0, 0.1) is 0 Å². The Morgan fingerprint density at radius 3 is 2.76 bits per heavy atom. The average molecular weight is 340 g/mol. The van der Waals surface area contributed by atoms with Crippen LogP contribution in [0.15, 0.2) is 42.1 Å². The van der Waals surface area contributed by atoms with Crippen molar-refractivity contribution in [3.05, 3.63) is 47.7 Å². The number of aliphatic carboxylic acids is 1. The number of anilines is 2. The third kappa shape index (κ3) is 4.03. The zero-order chi connectivity index (χ0) is 17.8. The lowest BCUT2D eigenvalue weighted by Gasteiger charge is -2.22. The average Bonchev–Trinajstić information content (AvgIpc) is 2.96. The minimum Gasteiger partial charge on any atom is -0.550 e. The van der Waals surface area contributed by atoms with E-state index in [4.69, 9.17) is 0 Å². The molecule has 8 nitrogen and oxygen atoms in total. The molecule has 0 saturated carbocycles. The van der Waals surface area contributed by atoms with Crippen LogP contribution in [0.5, 0.6) is 0 Å². The number of nitrogens with zero attached hydrogens (tertiary/aromatic N) is 3. The van der Waals surface area contributed by atoms with Crippen LogP contribution in [0.2, 0.25) is 0 Å². The molecule has 2 N–H and O–H groups in total. The number of carbonyl (C=O) groups excluding carboxylic acids is 2. The number of hydrogen-bond acceptors (Lipinski definition) is 6. The number of carbonyl (C=O) groups is 2. The molecule has 0 fully saturated rings. The topological polar surface area (TPSA) is 112 Å². The van der Waals surface area contributed by atoms with E-state index in [9.17, 15) is 14.7 Å². The zero-order valence-corrected chi connectivity index (χ0v) is 13.7. The van der Waals surface area contributed by atoms with Gasteiger partial charge in [-0.25, -0.2) is 4.68 Å². The fourth-order valence-corrected chi connectivity index (χ4v) is 2.65. The molecular formula is C17H18N5O3-. The molecule has 0 spiro atoms. The van der Waals surface area contributed by atoms with Gasteiger partial charge in [-0.15, -0.1) is 5.10 Å². The predicted molar refractivity (Wildman–Crippen MR) is 89.5 cm³/mol. The van der Waals surface area contributed by atoms with Gasteiger partial charge in [0.05, 0.1) is 0 Å². The molecule has 1 aromatic heterocycles. The van der Waals surface area contributed by atoms with Crippen LogP contribution in [0.4, 0.5) is 11.9 Å². The van der Waals surface area contributed by atoms with Gasteiger partial charge in [0.1, 0.15) is 6.04 Å². The van der Waals surface area contributed by atoms with Crippen LogP contribution < -0.4 is 15.7 Å². The monoisotopic (exact) mass is 340 g/mol. The number of benzene rings is 1. The third-order valence-corrected chi connectivity index (χ3v) is 3.79. The first-order chi connectivity index (χ1) is 12.0. The smallest absolute Gasteiger partial charge is 0.250 e. The molecule has 0 bridgehead atoms. The Kier molecular flexibility index (Phi) is 4.78. The molecule has 3 rings (SSSR count). The van der Waals surface area contributed by atoms with Crippen molar-refractivity contribution in [3.8, 4) is 0 Å². The Bertz CT molecular complexity index is 813. The molecule has 0 unspecified atom stereocenters. The van der Waals surface area contributed by atoms with Gasteiger partial charge in [-0.3, -0.25) is 10.1 Å². The maximum atomic E-state index is 11.9. The molecule has 1 aromatic carbocycles. The largest absolute Gasteiger partial charge is 0.550 e. The maximum absolute atomic E-state index is 11.9. The first-order valence-corrected chi connectivity index (χ1v) is 7.99. The second-order valence-corrected chi connectivity index (χ2v) is 5.81. The van der Waals surface area contributed by atoms with Crippen molar-refractivity contribution in [2.75, 3.05) is 10.6 Å². The lowest BCUT2D eigenvalue weighted by molar-refractivity contribution is -0.305. The molecule has 0 aliphatic carbocycles. The number of hydrogen-bond donors (Lipinski definition) is 2. The summed E-state index contributed by atoms with van der Waals surface area (Å²) in [6.07, 6.45) is 2.17. The van der Waals surface area contributed by atoms with Crippen LogP contribution in [0.1, 0.15) is 37.8 Å². The molecule has 0 saturated heterocycles. The van der Waals surface area contributed by atoms with E-state index >= 15 is 0 Å². The third-order valence-electron chi connectivity index (χ3n) is 3.79. The summed E-state index contributed by atoms with van der Waals surface area (Å²) >= 11 is 0. The summed E-state index contributed by atoms with van der Waals surface area (Å²) in [5.41, 5.74) is 2.00. The molecule has 1 atom stereocenters. The van der Waals surface area contributed by atoms with Gasteiger partial charge in [0.25, 0.3) is 5.95 Å². The lowest BCUT2D eigenvalue weighted by atomic mass is 10.1. The molecular weight excluding hydrogens is 322 g/mol. The van der Waals surface area contributed by atoms with Crippen molar-refractivity contribution in [2.24, 2.45) is 0 Å². The van der Waals surface area contributed by atoms with Crippen molar-refractivity contribution in [1.82, 2.24) is 14.8 Å². The quantitative estimate of drug-likeness (QED) is 0.813. The van der Waals surface area contributed by atoms with Crippen LogP contribution in [-0.2, 0) is 9.59 Å². The van der Waals surface area contributed by atoms with E-state index in [1.807, 2.05) is 43.3 Å². The Morgan fingerprint density at radius 1 is 1.28 bits per heavy atom. The molecule has 1 amide bonds. The van der Waals surface area contributed by atoms with Crippen LogP contribution in [-0.4, -0.2) is 26.6 Å². The number of fused-ring (bicyclic) bond motifs is 1. The van der Waals surface area contributed by atoms with Gasteiger partial charge in [0.15, 0.2) is 0 Å². The van der Waals surface area contributed by atoms with E-state index in [0.29, 0.717) is 5.95 Å². The summed E-state index contributed by atoms with van der Waals surface area (Å²) in [4.78, 5) is 26.6. The summed E-state index contributed by atoms with van der Waals surface area (Å²) in [5.74, 6) is -0.770. The highest BCUT2D eigenvalue weighted by Gasteiger charge is 2.23. The lowest BCUT2D eigenvalue weighted by Crippen LogP contribution is -2.22. The van der Waals surface area contributed by atoms with Crippen molar-refractivity contribution in [2.45, 2.75) is 32.2 Å². The fourth-order valence-electron chi connectivity index (χ4n) is 2.65. The number of carboxylic acid groups (broad SMARTS) is 1. The van der Waals surface area contributed by atoms with Crippen molar-refractivity contribution < 1.29 is 14.7 Å². The molecule has 0 radical (unpaired) electrons. The van der Waals surface area contributed by atoms with E-state index in [1.165, 1.54) is 0 Å². The molecule has 130 valence electrons. The Labute approximate surface area is 144 Å². The SMILES string of the molecule is CC1=C[C@H](c2ccccc2)n2nc(NC(=O)CCCC(=O)[O-])nc2N1. The summed E-state index contributed by atoms with van der Waals surface area (Å²) in [7, 11) is 0. The highest BCUT2D eigenvalue weighted by Crippen LogP contribution is 2.29. The van der Waals surface area contributed by atoms with Crippen LogP contribution >= 0.6 is 0 Å². The van der Waals surface area contributed by atoms with Crippen molar-refractivity contribution >= 4 is 23.8 Å². The standard InChI is InChI=1S/C17H19N5O3/c1-11-10-13(12-6-3-2-4-7-12)22-17(18-11)20-16(21-22)19-14(23)8-5-9-15(24)25/h2-4,6-7,10,13H,5,8-9H2,1H3,(H,24,25)(H2,18,19,20,21,23)/p-1/t13-/m1/s1. The molecule has 1 aliphatic heterocycles. The zero-order valence-electron chi connectivity index (χ0n) is 13.7. The van der Waals surface area contributed by atoms with Crippen molar-refractivity contribution in [3.63, 3.8) is 0 Å². The van der Waals surface area contributed by atoms with E-state index in [2.05, 4.69) is 20.7 Å². The minimum atomic E-state index is -1.17. The number of nitrogens with one attached hydrogen (secondary N) is 2. The Morgan fingerprint density at radius 2 is 2.04 bits per heavy atom.